The summed E-state index contributed by atoms with van der Waals surface area (Å²) < 4.78 is 7.26. The van der Waals surface area contributed by atoms with Gasteiger partial charge in [0, 0.05) is 42.5 Å². The van der Waals surface area contributed by atoms with Gasteiger partial charge in [-0.1, -0.05) is 24.3 Å². The van der Waals surface area contributed by atoms with Crippen LogP contribution >= 0.6 is 0 Å². The largest absolute Gasteiger partial charge is 0.473 e. The van der Waals surface area contributed by atoms with Gasteiger partial charge in [0.2, 0.25) is 5.88 Å². The highest BCUT2D eigenvalue weighted by Gasteiger charge is 2.08. The normalized spacial score (nSPS) is 10.5. The van der Waals surface area contributed by atoms with Crippen molar-refractivity contribution < 1.29 is 4.74 Å². The Labute approximate surface area is 156 Å². The molecule has 0 amide bonds. The van der Waals surface area contributed by atoms with Gasteiger partial charge in [-0.3, -0.25) is 14.3 Å². The van der Waals surface area contributed by atoms with Gasteiger partial charge >= 0.3 is 0 Å². The summed E-state index contributed by atoms with van der Waals surface area (Å²) in [6.45, 7) is 0.291. The molecule has 0 radical (unpaired) electrons. The summed E-state index contributed by atoms with van der Waals surface area (Å²) in [4.78, 5) is 20.9. The lowest BCUT2D eigenvalue weighted by Gasteiger charge is -2.13. The number of hydrogen-bond donors (Lipinski definition) is 0. The molecule has 4 rings (SSSR count). The molecule has 3 aromatic heterocycles. The van der Waals surface area contributed by atoms with Crippen LogP contribution in [0, 0.1) is 0 Å². The summed E-state index contributed by atoms with van der Waals surface area (Å²) in [6, 6.07) is 20.6. The molecule has 0 saturated heterocycles. The van der Waals surface area contributed by atoms with E-state index in [0.29, 0.717) is 12.5 Å². The molecule has 27 heavy (non-hydrogen) atoms. The third-order valence-electron chi connectivity index (χ3n) is 4.16. The number of ether oxygens (including phenoxy) is 1. The van der Waals surface area contributed by atoms with Crippen molar-refractivity contribution in [2.24, 2.45) is 0 Å². The quantitative estimate of drug-likeness (QED) is 0.545. The van der Waals surface area contributed by atoms with Crippen LogP contribution in [0.1, 0.15) is 5.56 Å². The molecule has 0 bridgehead atoms. The van der Waals surface area contributed by atoms with E-state index in [2.05, 4.69) is 9.97 Å². The first-order valence-corrected chi connectivity index (χ1v) is 8.56. The Kier molecular flexibility index (Phi) is 4.74. The molecule has 0 aliphatic carbocycles. The number of para-hydroxylation sites is 1. The van der Waals surface area contributed by atoms with E-state index in [1.165, 1.54) is 0 Å². The Morgan fingerprint density at radius 3 is 2.48 bits per heavy atom. The van der Waals surface area contributed by atoms with Crippen molar-refractivity contribution in [3.8, 4) is 22.7 Å². The van der Waals surface area contributed by atoms with Gasteiger partial charge < -0.3 is 4.74 Å². The van der Waals surface area contributed by atoms with Gasteiger partial charge in [-0.25, -0.2) is 4.98 Å². The Morgan fingerprint density at radius 1 is 0.889 bits per heavy atom. The fourth-order valence-corrected chi connectivity index (χ4v) is 2.86. The average molecular weight is 355 g/mol. The Bertz CT molecular complexity index is 1090. The molecule has 0 unspecified atom stereocenters. The smallest absolute Gasteiger partial charge is 0.255 e. The number of aromatic nitrogens is 3. The van der Waals surface area contributed by atoms with E-state index >= 15 is 0 Å². The van der Waals surface area contributed by atoms with Crippen molar-refractivity contribution in [3.63, 3.8) is 0 Å². The summed E-state index contributed by atoms with van der Waals surface area (Å²) in [7, 11) is 0. The number of benzene rings is 1. The van der Waals surface area contributed by atoms with E-state index in [1.807, 2.05) is 54.6 Å². The Balaban J connectivity index is 1.63. The number of pyridine rings is 3. The predicted molar refractivity (Wildman–Crippen MR) is 104 cm³/mol. The topological polar surface area (TPSA) is 57.0 Å². The van der Waals surface area contributed by atoms with Crippen LogP contribution in [0.15, 0.2) is 96.3 Å². The summed E-state index contributed by atoms with van der Waals surface area (Å²) in [5.74, 6) is 0.532. The molecule has 0 saturated carbocycles. The molecule has 0 spiro atoms. The van der Waals surface area contributed by atoms with Crippen LogP contribution in [0.4, 0.5) is 0 Å². The molecular formula is C22H17N3O2. The average Bonchev–Trinajstić information content (AvgIpc) is 2.74. The lowest BCUT2D eigenvalue weighted by atomic mass is 10.0. The highest BCUT2D eigenvalue weighted by molar-refractivity contribution is 5.72. The Morgan fingerprint density at radius 2 is 1.70 bits per heavy atom. The van der Waals surface area contributed by atoms with Gasteiger partial charge in [-0.15, -0.1) is 0 Å². The molecule has 3 heterocycles. The van der Waals surface area contributed by atoms with Crippen molar-refractivity contribution in [1.29, 1.82) is 0 Å². The minimum absolute atomic E-state index is 0.112. The fourth-order valence-electron chi connectivity index (χ4n) is 2.86. The maximum absolute atomic E-state index is 12.7. The number of nitrogens with zero attached hydrogens (tertiary/aromatic N) is 3. The molecule has 132 valence electrons. The van der Waals surface area contributed by atoms with E-state index in [-0.39, 0.29) is 5.56 Å². The monoisotopic (exact) mass is 355 g/mol. The van der Waals surface area contributed by atoms with Gasteiger partial charge in [0.25, 0.3) is 5.56 Å². The van der Waals surface area contributed by atoms with E-state index in [9.17, 15) is 4.79 Å². The zero-order chi connectivity index (χ0) is 18.5. The van der Waals surface area contributed by atoms with Crippen LogP contribution in [-0.2, 0) is 6.61 Å². The highest BCUT2D eigenvalue weighted by Crippen LogP contribution is 2.25. The van der Waals surface area contributed by atoms with Crippen molar-refractivity contribution in [1.82, 2.24) is 14.5 Å². The lowest BCUT2D eigenvalue weighted by molar-refractivity contribution is 0.293. The maximum atomic E-state index is 12.7. The van der Waals surface area contributed by atoms with Gasteiger partial charge in [0.1, 0.15) is 6.61 Å². The van der Waals surface area contributed by atoms with Crippen LogP contribution in [0.2, 0.25) is 0 Å². The predicted octanol–water partition coefficient (Wildman–Crippen LogP) is 3.87. The highest BCUT2D eigenvalue weighted by atomic mass is 16.5. The van der Waals surface area contributed by atoms with Crippen molar-refractivity contribution in [2.75, 3.05) is 0 Å². The van der Waals surface area contributed by atoms with Gasteiger partial charge in [0.15, 0.2) is 0 Å². The van der Waals surface area contributed by atoms with Crippen LogP contribution in [0.25, 0.3) is 16.8 Å². The van der Waals surface area contributed by atoms with Gasteiger partial charge in [-0.05, 0) is 41.5 Å². The molecule has 0 aliphatic rings. The van der Waals surface area contributed by atoms with Gasteiger partial charge in [-0.2, -0.15) is 0 Å². The van der Waals surface area contributed by atoms with Crippen LogP contribution < -0.4 is 10.3 Å². The minimum atomic E-state index is -0.112. The zero-order valence-electron chi connectivity index (χ0n) is 14.5. The molecule has 0 aliphatic heterocycles. The van der Waals surface area contributed by atoms with Crippen molar-refractivity contribution >= 4 is 0 Å². The summed E-state index contributed by atoms with van der Waals surface area (Å²) in [5.41, 5.74) is 3.49. The first-order chi connectivity index (χ1) is 13.3. The molecular weight excluding hydrogens is 338 g/mol. The molecule has 4 aromatic rings. The SMILES string of the molecule is O=c1cc(COc2ccccn2)ccn1-c1ccccc1-c1ccncc1. The summed E-state index contributed by atoms with van der Waals surface area (Å²) in [5, 5.41) is 0. The van der Waals surface area contributed by atoms with Gasteiger partial charge in [0.05, 0.1) is 5.69 Å². The zero-order valence-corrected chi connectivity index (χ0v) is 14.5. The van der Waals surface area contributed by atoms with E-state index < -0.39 is 0 Å². The molecule has 5 heteroatoms. The van der Waals surface area contributed by atoms with E-state index in [0.717, 1.165) is 22.4 Å². The number of rotatable bonds is 5. The first kappa shape index (κ1) is 16.7. The third kappa shape index (κ3) is 3.77. The number of hydrogen-bond acceptors (Lipinski definition) is 4. The van der Waals surface area contributed by atoms with E-state index in [1.54, 1.807) is 41.5 Å². The molecule has 5 nitrogen and oxygen atoms in total. The van der Waals surface area contributed by atoms with Crippen LogP contribution in [0.5, 0.6) is 5.88 Å². The standard InChI is InChI=1S/C22H17N3O2/c26-22-15-17(16-27-21-7-3-4-11-24-21)10-14-25(22)20-6-2-1-5-19(20)18-8-12-23-13-9-18/h1-15H,16H2. The van der Waals surface area contributed by atoms with Crippen molar-refractivity contribution in [2.45, 2.75) is 6.61 Å². The summed E-state index contributed by atoms with van der Waals surface area (Å²) in [6.07, 6.45) is 6.93. The second kappa shape index (κ2) is 7.66. The molecule has 0 atom stereocenters. The molecule has 0 fully saturated rings. The maximum Gasteiger partial charge on any atom is 0.255 e. The molecule has 1 aromatic carbocycles. The Hall–Kier alpha value is -3.73. The minimum Gasteiger partial charge on any atom is -0.473 e. The summed E-state index contributed by atoms with van der Waals surface area (Å²) >= 11 is 0. The van der Waals surface area contributed by atoms with E-state index in [4.69, 9.17) is 4.74 Å². The second-order valence-electron chi connectivity index (χ2n) is 5.95. The lowest BCUT2D eigenvalue weighted by Crippen LogP contribution is -2.18. The van der Waals surface area contributed by atoms with Crippen LogP contribution in [-0.4, -0.2) is 14.5 Å². The molecule has 0 N–H and O–H groups in total. The third-order valence-corrected chi connectivity index (χ3v) is 4.16. The first-order valence-electron chi connectivity index (χ1n) is 8.56. The second-order valence-corrected chi connectivity index (χ2v) is 5.95. The van der Waals surface area contributed by atoms with Crippen molar-refractivity contribution in [3.05, 3.63) is 107 Å². The van der Waals surface area contributed by atoms with Crippen LogP contribution in [0.3, 0.4) is 0 Å². The fraction of sp³-hybridized carbons (Fsp3) is 0.0455.